The predicted molar refractivity (Wildman–Crippen MR) is 58.6 cm³/mol. The summed E-state index contributed by atoms with van der Waals surface area (Å²) in [5.41, 5.74) is 2.30. The molecule has 0 saturated heterocycles. The van der Waals surface area contributed by atoms with E-state index in [1.807, 2.05) is 30.8 Å². The molecular formula is C9H12N3O2S-. The Hall–Kier alpha value is -1.24. The summed E-state index contributed by atoms with van der Waals surface area (Å²) >= 11 is -2.36. The molecule has 0 aliphatic carbocycles. The van der Waals surface area contributed by atoms with Crippen LogP contribution in [-0.4, -0.2) is 18.5 Å². The monoisotopic (exact) mass is 226 g/mol. The lowest BCUT2D eigenvalue weighted by molar-refractivity contribution is 0.539. The van der Waals surface area contributed by atoms with Gasteiger partial charge in [0.15, 0.2) is 0 Å². The van der Waals surface area contributed by atoms with E-state index in [-0.39, 0.29) is 0 Å². The topological polar surface area (TPSA) is 84.0 Å². The third-order valence-corrected chi connectivity index (χ3v) is 1.94. The zero-order valence-corrected chi connectivity index (χ0v) is 9.32. The maximum atomic E-state index is 8.78. The first kappa shape index (κ1) is 11.8. The fourth-order valence-corrected chi connectivity index (χ4v) is 1.39. The van der Waals surface area contributed by atoms with E-state index in [4.69, 9.17) is 8.76 Å². The third kappa shape index (κ3) is 3.12. The van der Waals surface area contributed by atoms with Gasteiger partial charge >= 0.3 is 0 Å². The minimum absolute atomic E-state index is 1.10. The van der Waals surface area contributed by atoms with Crippen LogP contribution < -0.4 is 5.14 Å². The fraction of sp³-hybridized carbons (Fsp3) is 0.222. The van der Waals surface area contributed by atoms with Crippen molar-refractivity contribution >= 4 is 22.2 Å². The Morgan fingerprint density at radius 1 is 1.47 bits per heavy atom. The largest absolute Gasteiger partial charge is 0.760 e. The summed E-state index contributed by atoms with van der Waals surface area (Å²) in [6, 6.07) is 8.24. The van der Waals surface area contributed by atoms with Crippen LogP contribution in [-0.2, 0) is 18.3 Å². The van der Waals surface area contributed by atoms with Gasteiger partial charge < -0.3 is 4.55 Å². The van der Waals surface area contributed by atoms with Crippen molar-refractivity contribution in [2.75, 3.05) is 0 Å². The number of para-hydroxylation sites is 1. The Kier molecular flexibility index (Phi) is 3.96. The summed E-state index contributed by atoms with van der Waals surface area (Å²) in [5.74, 6) is 0. The van der Waals surface area contributed by atoms with E-state index in [0.29, 0.717) is 0 Å². The van der Waals surface area contributed by atoms with Crippen molar-refractivity contribution in [3.05, 3.63) is 30.0 Å². The van der Waals surface area contributed by atoms with Gasteiger partial charge in [-0.15, -0.1) is 0 Å². The molecule has 0 aliphatic heterocycles. The second kappa shape index (κ2) is 5.01. The highest BCUT2D eigenvalue weighted by atomic mass is 32.2. The maximum absolute atomic E-state index is 8.78. The summed E-state index contributed by atoms with van der Waals surface area (Å²) in [7, 11) is 1.97. The minimum Gasteiger partial charge on any atom is -0.760 e. The van der Waals surface area contributed by atoms with Crippen molar-refractivity contribution in [2.24, 2.45) is 12.2 Å². The first-order valence-corrected chi connectivity index (χ1v) is 5.38. The first-order valence-electron chi connectivity index (χ1n) is 4.24. The average Bonchev–Trinajstić information content (AvgIpc) is 2.43. The van der Waals surface area contributed by atoms with E-state index in [9.17, 15) is 0 Å². The van der Waals surface area contributed by atoms with Crippen molar-refractivity contribution in [3.63, 3.8) is 0 Å². The van der Waals surface area contributed by atoms with Crippen LogP contribution in [0.2, 0.25) is 0 Å². The molecule has 0 spiro atoms. The summed E-state index contributed by atoms with van der Waals surface area (Å²) in [6.45, 7) is 2.03. The summed E-state index contributed by atoms with van der Waals surface area (Å²) < 4.78 is 19.5. The molecule has 0 radical (unpaired) electrons. The molecule has 2 aromatic rings. The SMILES string of the molecule is Cc1nn(C)c2ccccc12.NS(=O)[O-]. The number of nitrogens with zero attached hydrogens (tertiary/aromatic N) is 2. The molecule has 1 heterocycles. The van der Waals surface area contributed by atoms with Crippen molar-refractivity contribution in [1.29, 1.82) is 0 Å². The molecule has 2 rings (SSSR count). The molecule has 1 aromatic carbocycles. The van der Waals surface area contributed by atoms with Gasteiger partial charge in [-0.25, -0.2) is 0 Å². The van der Waals surface area contributed by atoms with Crippen LogP contribution >= 0.6 is 0 Å². The van der Waals surface area contributed by atoms with E-state index >= 15 is 0 Å². The standard InChI is InChI=1S/C9H10N2.H3NO2S/c1-7-8-5-3-4-6-9(8)11(2)10-7;1-4(2)3/h3-6H,1-2H3;1H2,(H,2,3)/p-1. The van der Waals surface area contributed by atoms with Crippen molar-refractivity contribution < 1.29 is 8.76 Å². The lowest BCUT2D eigenvalue weighted by Crippen LogP contribution is -1.97. The number of nitrogens with two attached hydrogens (primary N) is 1. The second-order valence-corrected chi connectivity index (χ2v) is 3.51. The second-order valence-electron chi connectivity index (χ2n) is 2.99. The number of benzene rings is 1. The Bertz CT molecular complexity index is 441. The third-order valence-electron chi connectivity index (χ3n) is 1.94. The smallest absolute Gasteiger partial charge is 0.0681 e. The number of hydrogen-bond donors (Lipinski definition) is 1. The lowest BCUT2D eigenvalue weighted by Gasteiger charge is -1.90. The van der Waals surface area contributed by atoms with Crippen LogP contribution in [0.25, 0.3) is 10.9 Å². The van der Waals surface area contributed by atoms with Gasteiger partial charge in [-0.3, -0.25) is 14.0 Å². The van der Waals surface area contributed by atoms with Gasteiger partial charge in [0.05, 0.1) is 11.2 Å². The number of hydrogen-bond acceptors (Lipinski definition) is 3. The minimum atomic E-state index is -2.36. The molecule has 1 atom stereocenters. The molecule has 1 aromatic heterocycles. The molecule has 0 aliphatic rings. The summed E-state index contributed by atoms with van der Waals surface area (Å²) in [5, 5.41) is 9.58. The summed E-state index contributed by atoms with van der Waals surface area (Å²) in [6.07, 6.45) is 0. The van der Waals surface area contributed by atoms with Gasteiger partial charge in [-0.1, -0.05) is 18.2 Å². The molecule has 0 bridgehead atoms. The van der Waals surface area contributed by atoms with Crippen LogP contribution in [0.3, 0.4) is 0 Å². The molecule has 0 amide bonds. The van der Waals surface area contributed by atoms with Crippen molar-refractivity contribution in [3.8, 4) is 0 Å². The molecular weight excluding hydrogens is 214 g/mol. The predicted octanol–water partition coefficient (Wildman–Crippen LogP) is 0.621. The Morgan fingerprint density at radius 3 is 2.53 bits per heavy atom. The van der Waals surface area contributed by atoms with Crippen LogP contribution in [0, 0.1) is 6.92 Å². The molecule has 6 heteroatoms. The van der Waals surface area contributed by atoms with E-state index in [2.05, 4.69) is 22.4 Å². The first-order chi connectivity index (χ1) is 7.02. The van der Waals surface area contributed by atoms with Gasteiger partial charge in [0.25, 0.3) is 0 Å². The molecule has 0 saturated carbocycles. The highest BCUT2D eigenvalue weighted by molar-refractivity contribution is 7.76. The van der Waals surface area contributed by atoms with E-state index < -0.39 is 11.3 Å². The molecule has 5 nitrogen and oxygen atoms in total. The zero-order chi connectivity index (χ0) is 11.4. The Morgan fingerprint density at radius 2 is 2.00 bits per heavy atom. The van der Waals surface area contributed by atoms with E-state index in [0.717, 1.165) is 5.69 Å². The lowest BCUT2D eigenvalue weighted by atomic mass is 10.2. The number of aryl methyl sites for hydroxylation is 2. The van der Waals surface area contributed by atoms with Gasteiger partial charge in [-0.05, 0) is 13.0 Å². The van der Waals surface area contributed by atoms with Crippen molar-refractivity contribution in [1.82, 2.24) is 9.78 Å². The Balaban J connectivity index is 0.000000245. The normalized spacial score (nSPS) is 12.0. The van der Waals surface area contributed by atoms with Gasteiger partial charge in [0, 0.05) is 23.7 Å². The zero-order valence-electron chi connectivity index (χ0n) is 8.51. The highest BCUT2D eigenvalue weighted by Crippen LogP contribution is 2.15. The average molecular weight is 226 g/mol. The van der Waals surface area contributed by atoms with Crippen LogP contribution in [0.15, 0.2) is 24.3 Å². The highest BCUT2D eigenvalue weighted by Gasteiger charge is 2.00. The summed E-state index contributed by atoms with van der Waals surface area (Å²) in [4.78, 5) is 0. The van der Waals surface area contributed by atoms with Crippen LogP contribution in [0.4, 0.5) is 0 Å². The number of aromatic nitrogens is 2. The van der Waals surface area contributed by atoms with E-state index in [1.165, 1.54) is 10.9 Å². The molecule has 1 unspecified atom stereocenters. The maximum Gasteiger partial charge on any atom is 0.0681 e. The number of fused-ring (bicyclic) bond motifs is 1. The van der Waals surface area contributed by atoms with Crippen LogP contribution in [0.5, 0.6) is 0 Å². The number of rotatable bonds is 0. The van der Waals surface area contributed by atoms with Gasteiger partial charge in [0.1, 0.15) is 0 Å². The molecule has 15 heavy (non-hydrogen) atoms. The quantitative estimate of drug-likeness (QED) is 0.668. The molecule has 0 fully saturated rings. The van der Waals surface area contributed by atoms with Gasteiger partial charge in [-0.2, -0.15) is 5.10 Å². The van der Waals surface area contributed by atoms with E-state index in [1.54, 1.807) is 0 Å². The van der Waals surface area contributed by atoms with Gasteiger partial charge in [0.2, 0.25) is 0 Å². The van der Waals surface area contributed by atoms with Crippen molar-refractivity contribution in [2.45, 2.75) is 6.92 Å². The molecule has 82 valence electrons. The Labute approximate surface area is 90.3 Å². The van der Waals surface area contributed by atoms with Crippen LogP contribution in [0.1, 0.15) is 5.69 Å². The molecule has 2 N–H and O–H groups in total. The fourth-order valence-electron chi connectivity index (χ4n) is 1.39.